The van der Waals surface area contributed by atoms with Crippen molar-refractivity contribution in [2.45, 2.75) is 78.6 Å². The Morgan fingerprint density at radius 3 is 2.25 bits per heavy atom. The SMILES string of the molecule is CC.CC(C)C(=O)c1ccc(CC2CCCCCCC2(F)F)cc1. The number of carbonyl (C=O) groups excluding carboxylic acids is 1. The first-order valence-corrected chi connectivity index (χ1v) is 9.41. The standard InChI is InChI=1S/C19H26F2O.C2H6/c1-14(2)18(22)16-10-8-15(9-11-16)13-17-7-5-3-4-6-12-19(17,20)21;1-2/h8-11,14,17H,3-7,12-13H2,1-2H3;1-2H3. The van der Waals surface area contributed by atoms with Crippen molar-refractivity contribution in [1.29, 1.82) is 0 Å². The molecule has 0 N–H and O–H groups in total. The van der Waals surface area contributed by atoms with Crippen LogP contribution in [0, 0.1) is 11.8 Å². The first-order valence-electron chi connectivity index (χ1n) is 9.41. The average molecular weight is 338 g/mol. The molecular weight excluding hydrogens is 306 g/mol. The second-order valence-electron chi connectivity index (χ2n) is 6.83. The Hall–Kier alpha value is -1.25. The van der Waals surface area contributed by atoms with Crippen LogP contribution in [-0.4, -0.2) is 11.7 Å². The fraction of sp³-hybridized carbons (Fsp3) is 0.667. The molecule has 1 aromatic rings. The predicted molar refractivity (Wildman–Crippen MR) is 96.8 cm³/mol. The van der Waals surface area contributed by atoms with Crippen molar-refractivity contribution < 1.29 is 13.6 Å². The summed E-state index contributed by atoms with van der Waals surface area (Å²) in [7, 11) is 0. The van der Waals surface area contributed by atoms with Gasteiger partial charge in [0.25, 0.3) is 5.92 Å². The molecule has 1 aliphatic rings. The van der Waals surface area contributed by atoms with Crippen molar-refractivity contribution >= 4 is 5.78 Å². The first-order chi connectivity index (χ1) is 11.4. The summed E-state index contributed by atoms with van der Waals surface area (Å²) in [5.74, 6) is -3.07. The molecule has 1 aliphatic carbocycles. The number of ketones is 1. The number of alkyl halides is 2. The lowest BCUT2D eigenvalue weighted by molar-refractivity contribution is -0.0740. The van der Waals surface area contributed by atoms with Gasteiger partial charge in [0.15, 0.2) is 5.78 Å². The number of benzene rings is 1. The van der Waals surface area contributed by atoms with E-state index in [-0.39, 0.29) is 18.1 Å². The van der Waals surface area contributed by atoms with E-state index in [0.717, 1.165) is 24.8 Å². The van der Waals surface area contributed by atoms with Gasteiger partial charge in [-0.25, -0.2) is 8.78 Å². The second kappa shape index (κ2) is 9.90. The molecule has 1 aromatic carbocycles. The summed E-state index contributed by atoms with van der Waals surface area (Å²) >= 11 is 0. The van der Waals surface area contributed by atoms with Crippen molar-refractivity contribution in [3.8, 4) is 0 Å². The molecule has 2 rings (SSSR count). The van der Waals surface area contributed by atoms with Gasteiger partial charge in [0.2, 0.25) is 0 Å². The third kappa shape index (κ3) is 5.99. The molecule has 3 heteroatoms. The molecule has 0 radical (unpaired) electrons. The van der Waals surface area contributed by atoms with E-state index in [9.17, 15) is 13.6 Å². The van der Waals surface area contributed by atoms with Crippen LogP contribution in [0.15, 0.2) is 24.3 Å². The van der Waals surface area contributed by atoms with Crippen LogP contribution in [0.2, 0.25) is 0 Å². The lowest BCUT2D eigenvalue weighted by Gasteiger charge is -2.29. The molecule has 0 heterocycles. The monoisotopic (exact) mass is 338 g/mol. The van der Waals surface area contributed by atoms with Gasteiger partial charge in [0.1, 0.15) is 0 Å². The van der Waals surface area contributed by atoms with Crippen LogP contribution >= 0.6 is 0 Å². The maximum Gasteiger partial charge on any atom is 0.251 e. The number of halogens is 2. The van der Waals surface area contributed by atoms with Gasteiger partial charge in [-0.05, 0) is 24.8 Å². The quantitative estimate of drug-likeness (QED) is 0.558. The number of carbonyl (C=O) groups is 1. The zero-order chi connectivity index (χ0) is 18.2. The molecule has 136 valence electrons. The summed E-state index contributed by atoms with van der Waals surface area (Å²) in [5, 5.41) is 0. The third-order valence-corrected chi connectivity index (χ3v) is 4.65. The Morgan fingerprint density at radius 2 is 1.67 bits per heavy atom. The summed E-state index contributed by atoms with van der Waals surface area (Å²) in [6, 6.07) is 7.23. The fourth-order valence-corrected chi connectivity index (χ4v) is 3.19. The summed E-state index contributed by atoms with van der Waals surface area (Å²) in [6.45, 7) is 7.73. The minimum Gasteiger partial charge on any atom is -0.294 e. The van der Waals surface area contributed by atoms with Crippen LogP contribution in [0.3, 0.4) is 0 Å². The number of hydrogen-bond acceptors (Lipinski definition) is 1. The number of rotatable bonds is 4. The van der Waals surface area contributed by atoms with E-state index in [1.165, 1.54) is 0 Å². The lowest BCUT2D eigenvalue weighted by Crippen LogP contribution is -2.31. The maximum atomic E-state index is 14.3. The van der Waals surface area contributed by atoms with E-state index >= 15 is 0 Å². The van der Waals surface area contributed by atoms with Crippen LogP contribution in [0.25, 0.3) is 0 Å². The van der Waals surface area contributed by atoms with E-state index < -0.39 is 11.8 Å². The smallest absolute Gasteiger partial charge is 0.251 e. The van der Waals surface area contributed by atoms with Gasteiger partial charge in [0.05, 0.1) is 0 Å². The highest BCUT2D eigenvalue weighted by molar-refractivity contribution is 5.97. The van der Waals surface area contributed by atoms with Gasteiger partial charge < -0.3 is 0 Å². The summed E-state index contributed by atoms with van der Waals surface area (Å²) in [5.41, 5.74) is 1.58. The maximum absolute atomic E-state index is 14.3. The Bertz CT molecular complexity index is 491. The molecular formula is C21H32F2O. The molecule has 0 bridgehead atoms. The van der Waals surface area contributed by atoms with Gasteiger partial charge in [-0.3, -0.25) is 4.79 Å². The van der Waals surface area contributed by atoms with Gasteiger partial charge >= 0.3 is 0 Å². The lowest BCUT2D eigenvalue weighted by atomic mass is 9.83. The summed E-state index contributed by atoms with van der Waals surface area (Å²) < 4.78 is 28.5. The van der Waals surface area contributed by atoms with Crippen LogP contribution in [0.5, 0.6) is 0 Å². The molecule has 0 amide bonds. The van der Waals surface area contributed by atoms with E-state index in [4.69, 9.17) is 0 Å². The van der Waals surface area contributed by atoms with Gasteiger partial charge in [-0.1, -0.05) is 71.2 Å². The largest absolute Gasteiger partial charge is 0.294 e. The minimum atomic E-state index is -2.56. The predicted octanol–water partition coefficient (Wildman–Crippen LogP) is 6.70. The topological polar surface area (TPSA) is 17.1 Å². The molecule has 0 aliphatic heterocycles. The zero-order valence-corrected chi connectivity index (χ0v) is 15.6. The number of hydrogen-bond donors (Lipinski definition) is 0. The molecule has 0 spiro atoms. The Balaban J connectivity index is 0.00000139. The molecule has 1 saturated carbocycles. The van der Waals surface area contributed by atoms with Crippen LogP contribution in [0.1, 0.15) is 82.1 Å². The van der Waals surface area contributed by atoms with Crippen molar-refractivity contribution in [3.63, 3.8) is 0 Å². The third-order valence-electron chi connectivity index (χ3n) is 4.65. The van der Waals surface area contributed by atoms with Crippen LogP contribution in [0.4, 0.5) is 8.78 Å². The minimum absolute atomic E-state index is 0.0155. The summed E-state index contributed by atoms with van der Waals surface area (Å²) in [6.07, 6.45) is 4.53. The van der Waals surface area contributed by atoms with E-state index in [2.05, 4.69) is 0 Å². The molecule has 0 saturated heterocycles. The van der Waals surface area contributed by atoms with Gasteiger partial charge in [-0.15, -0.1) is 0 Å². The molecule has 1 atom stereocenters. The Labute approximate surface area is 145 Å². The van der Waals surface area contributed by atoms with Gasteiger partial charge in [-0.2, -0.15) is 0 Å². The molecule has 1 nitrogen and oxygen atoms in total. The van der Waals surface area contributed by atoms with Crippen molar-refractivity contribution in [2.75, 3.05) is 0 Å². The highest BCUT2D eigenvalue weighted by atomic mass is 19.3. The van der Waals surface area contributed by atoms with E-state index in [0.29, 0.717) is 24.8 Å². The molecule has 1 fully saturated rings. The highest BCUT2D eigenvalue weighted by Gasteiger charge is 2.38. The average Bonchev–Trinajstić information content (AvgIpc) is 2.57. The Kier molecular flexibility index (Phi) is 8.58. The summed E-state index contributed by atoms with van der Waals surface area (Å²) in [4.78, 5) is 11.9. The molecule has 24 heavy (non-hydrogen) atoms. The highest BCUT2D eigenvalue weighted by Crippen LogP contribution is 2.38. The number of Topliss-reactive ketones (excluding diaryl/α,β-unsaturated/α-hetero) is 1. The van der Waals surface area contributed by atoms with Crippen LogP contribution in [-0.2, 0) is 6.42 Å². The normalized spacial score (nSPS) is 20.5. The van der Waals surface area contributed by atoms with Crippen molar-refractivity contribution in [3.05, 3.63) is 35.4 Å². The van der Waals surface area contributed by atoms with Crippen molar-refractivity contribution in [1.82, 2.24) is 0 Å². The van der Waals surface area contributed by atoms with Crippen LogP contribution < -0.4 is 0 Å². The molecule has 1 unspecified atom stereocenters. The van der Waals surface area contributed by atoms with Gasteiger partial charge in [0, 0.05) is 23.8 Å². The molecule has 0 aromatic heterocycles. The van der Waals surface area contributed by atoms with E-state index in [1.807, 2.05) is 39.8 Å². The second-order valence-corrected chi connectivity index (χ2v) is 6.83. The van der Waals surface area contributed by atoms with Crippen molar-refractivity contribution in [2.24, 2.45) is 11.8 Å². The first kappa shape index (κ1) is 20.8. The fourth-order valence-electron chi connectivity index (χ4n) is 3.19. The Morgan fingerprint density at radius 1 is 1.08 bits per heavy atom. The zero-order valence-electron chi connectivity index (χ0n) is 15.6. The van der Waals surface area contributed by atoms with E-state index in [1.54, 1.807) is 12.1 Å².